The van der Waals surface area contributed by atoms with Gasteiger partial charge in [-0.3, -0.25) is 4.79 Å². The number of anilines is 1. The quantitative estimate of drug-likeness (QED) is 0.563. The Labute approximate surface area is 117 Å². The Morgan fingerprint density at radius 3 is 2.85 bits per heavy atom. The molecule has 0 saturated carbocycles. The van der Waals surface area contributed by atoms with E-state index in [0.717, 1.165) is 12.8 Å². The number of carbonyl (C=O) groups excluding carboxylic acids is 1. The van der Waals surface area contributed by atoms with Crippen LogP contribution in [0.1, 0.15) is 25.7 Å². The number of terminal acetylenes is 1. The van der Waals surface area contributed by atoms with Gasteiger partial charge in [0.1, 0.15) is 5.75 Å². The van der Waals surface area contributed by atoms with Crippen LogP contribution < -0.4 is 10.1 Å². The minimum absolute atomic E-state index is 0.0996. The van der Waals surface area contributed by atoms with Crippen LogP contribution in [0.4, 0.5) is 5.69 Å². The highest BCUT2D eigenvalue weighted by Gasteiger charge is 2.04. The van der Waals surface area contributed by atoms with Crippen molar-refractivity contribution in [2.45, 2.75) is 25.7 Å². The van der Waals surface area contributed by atoms with Crippen LogP contribution in [0.2, 0.25) is 0 Å². The van der Waals surface area contributed by atoms with Crippen molar-refractivity contribution < 1.29 is 19.4 Å². The van der Waals surface area contributed by atoms with Gasteiger partial charge in [-0.25, -0.2) is 4.79 Å². The second-order valence-corrected chi connectivity index (χ2v) is 4.17. The van der Waals surface area contributed by atoms with Crippen LogP contribution in [-0.4, -0.2) is 23.6 Å². The molecule has 0 spiro atoms. The number of hydrogen-bond donors (Lipinski definition) is 2. The Hall–Kier alpha value is -2.48. The summed E-state index contributed by atoms with van der Waals surface area (Å²) in [5.74, 6) is 1.78. The monoisotopic (exact) mass is 275 g/mol. The van der Waals surface area contributed by atoms with Gasteiger partial charge in [0.2, 0.25) is 5.91 Å². The molecule has 1 aromatic carbocycles. The molecule has 0 fully saturated rings. The first kappa shape index (κ1) is 15.6. The number of unbranched alkanes of at least 4 members (excludes halogenated alkanes) is 2. The predicted molar refractivity (Wildman–Crippen MR) is 75.5 cm³/mol. The maximum Gasteiger partial charge on any atom is 0.341 e. The van der Waals surface area contributed by atoms with E-state index in [9.17, 15) is 9.59 Å². The van der Waals surface area contributed by atoms with Gasteiger partial charge in [0.15, 0.2) is 6.61 Å². The number of carboxylic acid groups (broad SMARTS) is 1. The molecule has 5 heteroatoms. The number of carbonyl (C=O) groups is 2. The minimum Gasteiger partial charge on any atom is -0.482 e. The van der Waals surface area contributed by atoms with Crippen LogP contribution in [0.5, 0.6) is 5.75 Å². The van der Waals surface area contributed by atoms with Crippen molar-refractivity contribution in [3.05, 3.63) is 24.3 Å². The molecule has 1 aromatic rings. The molecule has 0 bridgehead atoms. The van der Waals surface area contributed by atoms with Gasteiger partial charge in [-0.2, -0.15) is 0 Å². The molecule has 1 amide bonds. The lowest BCUT2D eigenvalue weighted by molar-refractivity contribution is -0.139. The van der Waals surface area contributed by atoms with Gasteiger partial charge in [0, 0.05) is 24.6 Å². The van der Waals surface area contributed by atoms with E-state index in [1.54, 1.807) is 24.3 Å². The second kappa shape index (κ2) is 8.59. The first-order chi connectivity index (χ1) is 9.61. The minimum atomic E-state index is -1.05. The maximum atomic E-state index is 11.7. The summed E-state index contributed by atoms with van der Waals surface area (Å²) in [6.07, 6.45) is 7.77. The Balaban J connectivity index is 2.43. The molecule has 0 unspecified atom stereocenters. The summed E-state index contributed by atoms with van der Waals surface area (Å²) in [6, 6.07) is 6.62. The summed E-state index contributed by atoms with van der Waals surface area (Å²) in [5.41, 5.74) is 0.579. The zero-order chi connectivity index (χ0) is 14.8. The fraction of sp³-hybridized carbons (Fsp3) is 0.333. The van der Waals surface area contributed by atoms with Gasteiger partial charge < -0.3 is 15.2 Å². The molecule has 0 aliphatic rings. The standard InChI is InChI=1S/C15H17NO4/c1-2-3-4-5-9-14(17)16-12-7-6-8-13(10-12)20-11-15(18)19/h1,6-8,10H,3-5,9,11H2,(H,16,17)(H,18,19). The van der Waals surface area contributed by atoms with E-state index in [2.05, 4.69) is 11.2 Å². The first-order valence-electron chi connectivity index (χ1n) is 6.30. The predicted octanol–water partition coefficient (Wildman–Crippen LogP) is 2.28. The largest absolute Gasteiger partial charge is 0.482 e. The van der Waals surface area contributed by atoms with Gasteiger partial charge in [0.25, 0.3) is 0 Å². The van der Waals surface area contributed by atoms with Crippen LogP contribution >= 0.6 is 0 Å². The number of amides is 1. The number of ether oxygens (including phenoxy) is 1. The van der Waals surface area contributed by atoms with Crippen molar-refractivity contribution in [2.24, 2.45) is 0 Å². The Bertz CT molecular complexity index is 505. The molecule has 1 rings (SSSR count). The number of nitrogens with one attached hydrogen (secondary N) is 1. The second-order valence-electron chi connectivity index (χ2n) is 4.17. The molecule has 0 aliphatic carbocycles. The van der Waals surface area contributed by atoms with Crippen molar-refractivity contribution in [1.29, 1.82) is 0 Å². The van der Waals surface area contributed by atoms with E-state index in [1.165, 1.54) is 0 Å². The van der Waals surface area contributed by atoms with Crippen molar-refractivity contribution >= 4 is 17.6 Å². The number of rotatable bonds is 8. The average Bonchev–Trinajstić information content (AvgIpc) is 2.42. The number of benzene rings is 1. The van der Waals surface area contributed by atoms with E-state index in [0.29, 0.717) is 24.3 Å². The van der Waals surface area contributed by atoms with E-state index in [-0.39, 0.29) is 5.91 Å². The first-order valence-corrected chi connectivity index (χ1v) is 6.30. The zero-order valence-corrected chi connectivity index (χ0v) is 11.1. The summed E-state index contributed by atoms with van der Waals surface area (Å²) in [5, 5.41) is 11.3. The third-order valence-corrected chi connectivity index (χ3v) is 2.46. The summed E-state index contributed by atoms with van der Waals surface area (Å²) in [6.45, 7) is -0.413. The molecule has 2 N–H and O–H groups in total. The third-order valence-electron chi connectivity index (χ3n) is 2.46. The topological polar surface area (TPSA) is 75.6 Å². The molecule has 0 saturated heterocycles. The SMILES string of the molecule is C#CCCCCC(=O)Nc1cccc(OCC(=O)O)c1. The zero-order valence-electron chi connectivity index (χ0n) is 11.1. The highest BCUT2D eigenvalue weighted by Crippen LogP contribution is 2.17. The van der Waals surface area contributed by atoms with E-state index < -0.39 is 12.6 Å². The summed E-state index contributed by atoms with van der Waals surface area (Å²) < 4.78 is 5.03. The van der Waals surface area contributed by atoms with Gasteiger partial charge in [-0.05, 0) is 25.0 Å². The van der Waals surface area contributed by atoms with Crippen LogP contribution in [0.15, 0.2) is 24.3 Å². The van der Waals surface area contributed by atoms with Gasteiger partial charge in [0.05, 0.1) is 0 Å². The summed E-state index contributed by atoms with van der Waals surface area (Å²) in [4.78, 5) is 22.1. The normalized spacial score (nSPS) is 9.55. The molecule has 0 atom stereocenters. The molecule has 20 heavy (non-hydrogen) atoms. The number of carboxylic acids is 1. The van der Waals surface area contributed by atoms with Crippen LogP contribution in [0.3, 0.4) is 0 Å². The Kier molecular flexibility index (Phi) is 6.69. The lowest BCUT2D eigenvalue weighted by Crippen LogP contribution is -2.12. The van der Waals surface area contributed by atoms with Crippen LogP contribution in [0.25, 0.3) is 0 Å². The molecule has 5 nitrogen and oxygen atoms in total. The molecule has 0 radical (unpaired) electrons. The van der Waals surface area contributed by atoms with Gasteiger partial charge in [-0.15, -0.1) is 12.3 Å². The third kappa shape index (κ3) is 6.45. The highest BCUT2D eigenvalue weighted by molar-refractivity contribution is 5.90. The fourth-order valence-corrected chi connectivity index (χ4v) is 1.54. The Morgan fingerprint density at radius 1 is 1.35 bits per heavy atom. The average molecular weight is 275 g/mol. The number of aliphatic carboxylic acids is 1. The lowest BCUT2D eigenvalue weighted by Gasteiger charge is -2.07. The fourth-order valence-electron chi connectivity index (χ4n) is 1.54. The smallest absolute Gasteiger partial charge is 0.341 e. The van der Waals surface area contributed by atoms with E-state index >= 15 is 0 Å². The summed E-state index contributed by atoms with van der Waals surface area (Å²) in [7, 11) is 0. The van der Waals surface area contributed by atoms with Crippen LogP contribution in [0, 0.1) is 12.3 Å². The van der Waals surface area contributed by atoms with E-state index in [4.69, 9.17) is 16.3 Å². The molecule has 0 heterocycles. The van der Waals surface area contributed by atoms with E-state index in [1.807, 2.05) is 0 Å². The van der Waals surface area contributed by atoms with Gasteiger partial charge >= 0.3 is 5.97 Å². The molecular formula is C15H17NO4. The molecular weight excluding hydrogens is 258 g/mol. The van der Waals surface area contributed by atoms with Crippen molar-refractivity contribution in [2.75, 3.05) is 11.9 Å². The van der Waals surface area contributed by atoms with Crippen LogP contribution in [-0.2, 0) is 9.59 Å². The lowest BCUT2D eigenvalue weighted by atomic mass is 10.2. The Morgan fingerprint density at radius 2 is 2.15 bits per heavy atom. The van der Waals surface area contributed by atoms with Crippen molar-refractivity contribution in [1.82, 2.24) is 0 Å². The van der Waals surface area contributed by atoms with Crippen molar-refractivity contribution in [3.63, 3.8) is 0 Å². The molecule has 0 aromatic heterocycles. The van der Waals surface area contributed by atoms with Gasteiger partial charge in [-0.1, -0.05) is 6.07 Å². The maximum absolute atomic E-state index is 11.7. The van der Waals surface area contributed by atoms with Crippen molar-refractivity contribution in [3.8, 4) is 18.1 Å². The highest BCUT2D eigenvalue weighted by atomic mass is 16.5. The molecule has 106 valence electrons. The molecule has 0 aliphatic heterocycles. The number of hydrogen-bond acceptors (Lipinski definition) is 3. The summed E-state index contributed by atoms with van der Waals surface area (Å²) >= 11 is 0.